The maximum atomic E-state index is 13.7. The van der Waals surface area contributed by atoms with Gasteiger partial charge in [-0.25, -0.2) is 0 Å². The van der Waals surface area contributed by atoms with Gasteiger partial charge in [0.2, 0.25) is 0 Å². The Labute approximate surface area is 472 Å². The van der Waals surface area contributed by atoms with Gasteiger partial charge in [0.15, 0.2) is 6.29 Å². The van der Waals surface area contributed by atoms with Gasteiger partial charge in [0.1, 0.15) is 42.9 Å². The molecule has 20 nitrogen and oxygen atoms in total. The zero-order valence-electron chi connectivity index (χ0n) is 46.9. The topological polar surface area (TPSA) is 227 Å². The number of allylic oxidation sites excluding steroid dienone is 2. The molecule has 2 aromatic carbocycles. The molecule has 1 N–H and O–H groups in total. The third kappa shape index (κ3) is 17.6. The molecule has 1 aromatic heterocycles. The van der Waals surface area contributed by atoms with Gasteiger partial charge in [-0.15, -0.1) is 11.8 Å². The van der Waals surface area contributed by atoms with Crippen LogP contribution in [0, 0.1) is 0 Å². The Balaban J connectivity index is 0.914. The van der Waals surface area contributed by atoms with Gasteiger partial charge in [0.25, 0.3) is 11.8 Å². The van der Waals surface area contributed by atoms with E-state index in [1.54, 1.807) is 64.3 Å². The summed E-state index contributed by atoms with van der Waals surface area (Å²) in [6.07, 6.45) is 11.0. The molecule has 0 unspecified atom stereocenters. The van der Waals surface area contributed by atoms with Crippen LogP contribution in [0.1, 0.15) is 108 Å². The van der Waals surface area contributed by atoms with E-state index in [1.807, 2.05) is 33.0 Å². The third-order valence-corrected chi connectivity index (χ3v) is 15.3. The van der Waals surface area contributed by atoms with Crippen molar-refractivity contribution in [3.05, 3.63) is 93.3 Å². The number of aldehydes is 1. The summed E-state index contributed by atoms with van der Waals surface area (Å²) >= 11 is 1.61. The van der Waals surface area contributed by atoms with Gasteiger partial charge in [-0.1, -0.05) is 23.3 Å². The number of hydrogen-bond donors (Lipinski definition) is 1. The van der Waals surface area contributed by atoms with E-state index in [0.717, 1.165) is 5.57 Å². The summed E-state index contributed by atoms with van der Waals surface area (Å²) in [7, 11) is 3.35. The maximum absolute atomic E-state index is 13.7. The number of nitrogens with zero attached hydrogens (tertiary/aromatic N) is 6. The smallest absolute Gasteiger partial charge is 0.307 e. The summed E-state index contributed by atoms with van der Waals surface area (Å²) < 4.78 is 45.3. The summed E-state index contributed by atoms with van der Waals surface area (Å²) in [6.45, 7) is 13.5. The molecule has 7 rings (SSSR count). The fourth-order valence-corrected chi connectivity index (χ4v) is 10.6. The highest BCUT2D eigenvalue weighted by Gasteiger charge is 2.36. The van der Waals surface area contributed by atoms with Crippen LogP contribution >= 0.6 is 11.8 Å². The lowest BCUT2D eigenvalue weighted by molar-refractivity contribution is -0.142. The van der Waals surface area contributed by atoms with E-state index < -0.39 is 0 Å². The van der Waals surface area contributed by atoms with Crippen LogP contribution in [0.25, 0.3) is 0 Å². The van der Waals surface area contributed by atoms with Crippen molar-refractivity contribution in [3.8, 4) is 17.2 Å². The predicted octanol–water partition coefficient (Wildman–Crippen LogP) is 7.10. The number of ketones is 1. The van der Waals surface area contributed by atoms with Gasteiger partial charge in [0.05, 0.1) is 124 Å². The lowest BCUT2D eigenvalue weighted by Crippen LogP contribution is -2.37. The number of ether oxygens (including phenoxy) is 8. The highest BCUT2D eigenvalue weighted by Crippen LogP contribution is 2.38. The van der Waals surface area contributed by atoms with Crippen molar-refractivity contribution >= 4 is 65.4 Å². The number of likely N-dealkylation sites (N-methyl/N-ethyl adjacent to an activating group) is 1. The van der Waals surface area contributed by atoms with E-state index in [9.17, 15) is 29.1 Å². The van der Waals surface area contributed by atoms with Crippen LogP contribution in [0.15, 0.2) is 69.7 Å². The molecule has 80 heavy (non-hydrogen) atoms. The number of thioether (sulfide) groups is 1. The molecule has 21 heteroatoms. The predicted molar refractivity (Wildman–Crippen MR) is 303 cm³/mol. The number of esters is 1. The molecule has 5 heterocycles. The second-order valence-corrected chi connectivity index (χ2v) is 22.1. The van der Waals surface area contributed by atoms with Crippen LogP contribution in [0.5, 0.6) is 17.2 Å². The van der Waals surface area contributed by atoms with E-state index in [1.165, 1.54) is 18.7 Å². The molecule has 0 bridgehead atoms. The van der Waals surface area contributed by atoms with Crippen molar-refractivity contribution in [3.63, 3.8) is 0 Å². The summed E-state index contributed by atoms with van der Waals surface area (Å²) in [5.41, 5.74) is 5.47. The number of aromatic nitrogens is 1. The largest absolute Gasteiger partial charge is 0.492 e. The number of aliphatic hydroxyl groups is 1. The van der Waals surface area contributed by atoms with E-state index >= 15 is 0 Å². The lowest BCUT2D eigenvalue weighted by atomic mass is 10.1. The zero-order chi connectivity index (χ0) is 57.0. The number of pyridine rings is 1. The molecule has 4 aliphatic heterocycles. The van der Waals surface area contributed by atoms with Crippen molar-refractivity contribution in [1.82, 2.24) is 19.7 Å². The van der Waals surface area contributed by atoms with Crippen LogP contribution in [0.4, 0.5) is 11.4 Å². The van der Waals surface area contributed by atoms with Gasteiger partial charge < -0.3 is 57.7 Å². The second kappa shape index (κ2) is 30.5. The number of hydrogen-bond acceptors (Lipinski definition) is 19. The number of carbonyl (C=O) groups excluding carboxylic acids is 5. The van der Waals surface area contributed by atoms with Crippen molar-refractivity contribution < 1.29 is 67.0 Å². The van der Waals surface area contributed by atoms with Gasteiger partial charge in [-0.05, 0) is 66.1 Å². The van der Waals surface area contributed by atoms with Gasteiger partial charge in [-0.2, -0.15) is 0 Å². The van der Waals surface area contributed by atoms with E-state index in [-0.39, 0.29) is 78.0 Å². The van der Waals surface area contributed by atoms with Crippen molar-refractivity contribution in [2.24, 2.45) is 9.98 Å². The standard InChI is InChI=1S/C59H76N6O14S/c1-7-40-22-46-30-60-52-28-54(42(34-66)24-50(52)57(70)64(46)32-40)78-36-44-26-49(27-45(62-44)37-79-55-29-53-51(25-43(55)35-67)58(71)65-33-41(8-2)23-47(65)31-61-53)77-15-12-63(5)39-59(3,4)80-38-48(68)10-9-13-73-16-18-75-20-21-76-19-17-74-14-11-56(69)72-6/h7-8,24-31,34,46-47,67H,9-23,32-33,35-39H2,1-6H3/b40-7+,41-8+/t46-,47-/m0/s1. The van der Waals surface area contributed by atoms with Crippen LogP contribution in [0.2, 0.25) is 0 Å². The summed E-state index contributed by atoms with van der Waals surface area (Å²) in [4.78, 5) is 83.8. The van der Waals surface area contributed by atoms with Crippen LogP contribution < -0.4 is 14.2 Å². The maximum Gasteiger partial charge on any atom is 0.307 e. The first-order valence-electron chi connectivity index (χ1n) is 27.2. The monoisotopic (exact) mass is 1120 g/mol. The van der Waals surface area contributed by atoms with Crippen molar-refractivity contribution in [2.75, 3.05) is 106 Å². The van der Waals surface area contributed by atoms with Crippen molar-refractivity contribution in [2.45, 2.75) is 96.5 Å². The number of aliphatic imine (C=N–C) groups is 2. The average Bonchev–Trinajstić information content (AvgIpc) is 4.07. The molecule has 0 spiro atoms. The normalized spacial score (nSPS) is 17.6. The molecule has 0 saturated carbocycles. The molecule has 2 atom stereocenters. The lowest BCUT2D eigenvalue weighted by Gasteiger charge is -2.29. The number of benzene rings is 2. The first-order valence-corrected chi connectivity index (χ1v) is 28.2. The number of aliphatic hydroxyl groups excluding tert-OH is 1. The number of rotatable bonds is 33. The summed E-state index contributed by atoms with van der Waals surface area (Å²) in [5.74, 6) is 0.971. The molecule has 3 aromatic rings. The minimum Gasteiger partial charge on any atom is -0.492 e. The molecular weight excluding hydrogens is 1050 g/mol. The number of fused-ring (bicyclic) bond motifs is 4. The third-order valence-electron chi connectivity index (χ3n) is 13.9. The van der Waals surface area contributed by atoms with Crippen LogP contribution in [-0.4, -0.2) is 189 Å². The molecule has 0 radical (unpaired) electrons. The molecule has 432 valence electrons. The Morgan fingerprint density at radius 1 is 0.738 bits per heavy atom. The van der Waals surface area contributed by atoms with Crippen molar-refractivity contribution in [1.29, 1.82) is 0 Å². The SMILES string of the molecule is C/C=C1\C[C@H]2C=Nc3cc(OCc4cc(OCCN(C)CC(C)(C)SCC(=O)CCCOCCOCCOCCOCCC(=O)OC)cc(COc5cc6c(cc5CO)C(=O)N5C/C(=C/C)C[C@H]5C=N6)n4)c(C=O)cc3C(=O)N2C1. The Morgan fingerprint density at radius 2 is 1.29 bits per heavy atom. The summed E-state index contributed by atoms with van der Waals surface area (Å²) in [5, 5.41) is 10.5. The Morgan fingerprint density at radius 3 is 1.85 bits per heavy atom. The summed E-state index contributed by atoms with van der Waals surface area (Å²) in [6, 6.07) is 9.66. The molecule has 4 aliphatic rings. The van der Waals surface area contributed by atoms with Crippen LogP contribution in [-0.2, 0) is 53.1 Å². The number of methoxy groups -OCH3 is 1. The first kappa shape index (κ1) is 61.3. The van der Waals surface area contributed by atoms with E-state index in [0.29, 0.717) is 174 Å². The highest BCUT2D eigenvalue weighted by molar-refractivity contribution is 8.01. The molecule has 0 aliphatic carbocycles. The molecule has 2 amide bonds. The number of amides is 2. The van der Waals surface area contributed by atoms with Crippen LogP contribution in [0.3, 0.4) is 0 Å². The minimum atomic E-state index is -0.378. The Hall–Kier alpha value is -6.33. The fourth-order valence-electron chi connectivity index (χ4n) is 9.55. The average molecular weight is 1130 g/mol. The molecular formula is C59H76N6O14S. The van der Waals surface area contributed by atoms with Gasteiger partial charge in [-0.3, -0.25) is 38.9 Å². The zero-order valence-corrected chi connectivity index (χ0v) is 47.7. The van der Waals surface area contributed by atoms with E-state index in [4.69, 9.17) is 43.1 Å². The fraction of sp³-hybridized carbons (Fsp3) is 0.525. The Bertz CT molecular complexity index is 2780. The highest BCUT2D eigenvalue weighted by atomic mass is 32.2. The number of carbonyl (C=O) groups is 5. The van der Waals surface area contributed by atoms with Gasteiger partial charge >= 0.3 is 5.97 Å². The van der Waals surface area contributed by atoms with E-state index in [2.05, 4.69) is 28.5 Å². The quantitative estimate of drug-likeness (QED) is 0.0278. The number of Topliss-reactive ketones (excluding diaryl/α,β-unsaturated/α-hetero) is 1. The minimum absolute atomic E-state index is 0.0426. The second-order valence-electron chi connectivity index (χ2n) is 20.4. The molecule has 2 saturated heterocycles. The Kier molecular flexibility index (Phi) is 23.4. The molecule has 2 fully saturated rings. The van der Waals surface area contributed by atoms with Gasteiger partial charge in [0, 0.05) is 86.2 Å². The first-order chi connectivity index (χ1) is 38.7.